The van der Waals surface area contributed by atoms with Crippen LogP contribution in [0.4, 0.5) is 16.1 Å². The summed E-state index contributed by atoms with van der Waals surface area (Å²) < 4.78 is 18.8. The first-order chi connectivity index (χ1) is 10.6. The number of nitrogens with one attached hydrogen (secondary N) is 1. The summed E-state index contributed by atoms with van der Waals surface area (Å²) in [4.78, 5) is 15.1. The van der Waals surface area contributed by atoms with Gasteiger partial charge in [-0.25, -0.2) is 4.39 Å². The summed E-state index contributed by atoms with van der Waals surface area (Å²) in [5.74, 6) is -0.282. The molecule has 0 aliphatic heterocycles. The molecule has 0 aliphatic rings. The van der Waals surface area contributed by atoms with Crippen molar-refractivity contribution in [1.82, 2.24) is 4.98 Å². The number of hydrogen-bond acceptors (Lipinski definition) is 4. The molecule has 1 N–H and O–H groups in total. The molecule has 0 aliphatic carbocycles. The lowest BCUT2D eigenvalue weighted by atomic mass is 10.1. The first kappa shape index (κ1) is 14.3. The van der Waals surface area contributed by atoms with E-state index >= 15 is 0 Å². The van der Waals surface area contributed by atoms with Crippen LogP contribution in [0.1, 0.15) is 16.7 Å². The molecule has 0 saturated carbocycles. The van der Waals surface area contributed by atoms with Crippen LogP contribution >= 0.6 is 0 Å². The largest absolute Gasteiger partial charge is 0.423 e. The minimum absolute atomic E-state index is 0.282. The van der Waals surface area contributed by atoms with E-state index in [2.05, 4.69) is 10.3 Å². The Morgan fingerprint density at radius 3 is 2.77 bits per heavy atom. The van der Waals surface area contributed by atoms with Crippen LogP contribution in [0.15, 0.2) is 34.7 Å². The standard InChI is InChI=1S/C17H15FN2O2/c1-10-8-13(18)3-4-14(10)19-17-20-16-11(2)7-12(5-6-21)9-15(16)22-17/h3-4,6-9H,5H2,1-2H3,(H,19,20). The number of aldehydes is 1. The zero-order valence-corrected chi connectivity index (χ0v) is 12.3. The quantitative estimate of drug-likeness (QED) is 0.738. The van der Waals surface area contributed by atoms with Crippen molar-refractivity contribution in [2.75, 3.05) is 5.32 Å². The molecule has 1 heterocycles. The van der Waals surface area contributed by atoms with Crippen LogP contribution in [0, 0.1) is 19.7 Å². The predicted octanol–water partition coefficient (Wildman–Crippen LogP) is 4.07. The van der Waals surface area contributed by atoms with Crippen molar-refractivity contribution in [2.45, 2.75) is 20.3 Å². The van der Waals surface area contributed by atoms with Crippen LogP contribution in [0.25, 0.3) is 11.1 Å². The van der Waals surface area contributed by atoms with Gasteiger partial charge in [0, 0.05) is 12.1 Å². The minimum Gasteiger partial charge on any atom is -0.423 e. The molecule has 0 atom stereocenters. The fourth-order valence-corrected chi connectivity index (χ4v) is 2.42. The Hall–Kier alpha value is -2.69. The van der Waals surface area contributed by atoms with Gasteiger partial charge in [-0.05, 0) is 54.8 Å². The van der Waals surface area contributed by atoms with E-state index in [0.29, 0.717) is 18.0 Å². The first-order valence-corrected chi connectivity index (χ1v) is 6.93. The second-order valence-corrected chi connectivity index (χ2v) is 5.23. The van der Waals surface area contributed by atoms with Gasteiger partial charge >= 0.3 is 0 Å². The fraction of sp³-hybridized carbons (Fsp3) is 0.176. The third kappa shape index (κ3) is 2.70. The molecule has 0 spiro atoms. The number of halogens is 1. The molecule has 3 aromatic rings. The Balaban J connectivity index is 1.98. The van der Waals surface area contributed by atoms with Crippen molar-refractivity contribution < 1.29 is 13.6 Å². The molecule has 0 bridgehead atoms. The van der Waals surface area contributed by atoms with E-state index in [1.165, 1.54) is 12.1 Å². The zero-order chi connectivity index (χ0) is 15.7. The van der Waals surface area contributed by atoms with Crippen molar-refractivity contribution >= 4 is 29.1 Å². The van der Waals surface area contributed by atoms with Crippen molar-refractivity contribution in [1.29, 1.82) is 0 Å². The fourth-order valence-electron chi connectivity index (χ4n) is 2.42. The van der Waals surface area contributed by atoms with Crippen molar-refractivity contribution in [3.63, 3.8) is 0 Å². The Kier molecular flexibility index (Phi) is 3.63. The second kappa shape index (κ2) is 5.60. The number of nitrogens with zero attached hydrogens (tertiary/aromatic N) is 1. The summed E-state index contributed by atoms with van der Waals surface area (Å²) in [6.07, 6.45) is 1.20. The maximum absolute atomic E-state index is 13.1. The average Bonchev–Trinajstić information content (AvgIpc) is 2.85. The molecule has 112 valence electrons. The van der Waals surface area contributed by atoms with Gasteiger partial charge < -0.3 is 14.5 Å². The number of carbonyl (C=O) groups excluding carboxylic acids is 1. The van der Waals surface area contributed by atoms with Crippen LogP contribution in [0.2, 0.25) is 0 Å². The Morgan fingerprint density at radius 2 is 2.05 bits per heavy atom. The van der Waals surface area contributed by atoms with Gasteiger partial charge in [0.05, 0.1) is 0 Å². The molecule has 0 fully saturated rings. The smallest absolute Gasteiger partial charge is 0.300 e. The van der Waals surface area contributed by atoms with Crippen LogP contribution in [-0.2, 0) is 11.2 Å². The summed E-state index contributed by atoms with van der Waals surface area (Å²) in [7, 11) is 0. The van der Waals surface area contributed by atoms with Gasteiger partial charge in [-0.15, -0.1) is 0 Å². The van der Waals surface area contributed by atoms with Gasteiger partial charge in [-0.2, -0.15) is 4.98 Å². The number of hydrogen-bond donors (Lipinski definition) is 1. The lowest BCUT2D eigenvalue weighted by Gasteiger charge is -2.05. The average molecular weight is 298 g/mol. The zero-order valence-electron chi connectivity index (χ0n) is 12.3. The number of oxazole rings is 1. The third-order valence-electron chi connectivity index (χ3n) is 3.49. The minimum atomic E-state index is -0.282. The molecule has 4 nitrogen and oxygen atoms in total. The predicted molar refractivity (Wildman–Crippen MR) is 82.9 cm³/mol. The maximum atomic E-state index is 13.1. The van der Waals surface area contributed by atoms with E-state index < -0.39 is 0 Å². The Bertz CT molecular complexity index is 855. The number of fused-ring (bicyclic) bond motifs is 1. The SMILES string of the molecule is Cc1cc(F)ccc1Nc1nc2c(C)cc(CC=O)cc2o1. The van der Waals surface area contributed by atoms with Gasteiger partial charge in [0.25, 0.3) is 6.01 Å². The number of aromatic nitrogens is 1. The summed E-state index contributed by atoms with van der Waals surface area (Å²) in [6.45, 7) is 3.73. The van der Waals surface area contributed by atoms with Gasteiger partial charge in [-0.3, -0.25) is 0 Å². The normalized spacial score (nSPS) is 10.9. The van der Waals surface area contributed by atoms with E-state index in [-0.39, 0.29) is 5.82 Å². The number of benzene rings is 2. The summed E-state index contributed by atoms with van der Waals surface area (Å²) >= 11 is 0. The van der Waals surface area contributed by atoms with Gasteiger partial charge in [0.1, 0.15) is 17.6 Å². The maximum Gasteiger partial charge on any atom is 0.300 e. The van der Waals surface area contributed by atoms with Crippen molar-refractivity contribution in [3.05, 3.63) is 52.8 Å². The topological polar surface area (TPSA) is 55.1 Å². The van der Waals surface area contributed by atoms with Crippen LogP contribution < -0.4 is 5.32 Å². The molecular formula is C17H15FN2O2. The van der Waals surface area contributed by atoms with E-state index in [9.17, 15) is 9.18 Å². The molecule has 1 aromatic heterocycles. The number of carbonyl (C=O) groups is 1. The molecule has 22 heavy (non-hydrogen) atoms. The second-order valence-electron chi connectivity index (χ2n) is 5.23. The van der Waals surface area contributed by atoms with Crippen molar-refractivity contribution in [3.8, 4) is 0 Å². The lowest BCUT2D eigenvalue weighted by Crippen LogP contribution is -1.93. The summed E-state index contributed by atoms with van der Waals surface area (Å²) in [5.41, 5.74) is 4.71. The molecule has 0 saturated heterocycles. The summed E-state index contributed by atoms with van der Waals surface area (Å²) in [5, 5.41) is 3.05. The number of rotatable bonds is 4. The van der Waals surface area contributed by atoms with Gasteiger partial charge in [0.2, 0.25) is 0 Å². The van der Waals surface area contributed by atoms with E-state index in [1.807, 2.05) is 26.0 Å². The molecule has 0 unspecified atom stereocenters. The van der Waals surface area contributed by atoms with Crippen LogP contribution in [0.3, 0.4) is 0 Å². The van der Waals surface area contributed by atoms with Crippen molar-refractivity contribution in [2.24, 2.45) is 0 Å². The molecular weight excluding hydrogens is 283 g/mol. The van der Waals surface area contributed by atoms with E-state index in [1.54, 1.807) is 6.07 Å². The van der Waals surface area contributed by atoms with E-state index in [4.69, 9.17) is 4.42 Å². The lowest BCUT2D eigenvalue weighted by molar-refractivity contribution is -0.107. The van der Waals surface area contributed by atoms with Gasteiger partial charge in [-0.1, -0.05) is 6.07 Å². The molecule has 0 amide bonds. The summed E-state index contributed by atoms with van der Waals surface area (Å²) in [6, 6.07) is 8.54. The highest BCUT2D eigenvalue weighted by Gasteiger charge is 2.11. The van der Waals surface area contributed by atoms with Crippen LogP contribution in [-0.4, -0.2) is 11.3 Å². The highest BCUT2D eigenvalue weighted by Crippen LogP contribution is 2.27. The monoisotopic (exact) mass is 298 g/mol. The van der Waals surface area contributed by atoms with Gasteiger partial charge in [0.15, 0.2) is 5.58 Å². The molecule has 0 radical (unpaired) electrons. The first-order valence-electron chi connectivity index (χ1n) is 6.93. The highest BCUT2D eigenvalue weighted by atomic mass is 19.1. The van der Waals surface area contributed by atoms with Crippen LogP contribution in [0.5, 0.6) is 0 Å². The Morgan fingerprint density at radius 1 is 1.23 bits per heavy atom. The Labute approximate surface area is 127 Å². The molecule has 2 aromatic carbocycles. The number of anilines is 2. The third-order valence-corrected chi connectivity index (χ3v) is 3.49. The molecule has 5 heteroatoms. The highest BCUT2D eigenvalue weighted by molar-refractivity contribution is 5.80. The number of aryl methyl sites for hydroxylation is 2. The molecule has 3 rings (SSSR count). The van der Waals surface area contributed by atoms with E-state index in [0.717, 1.165) is 34.2 Å².